The Balaban J connectivity index is 1.20. The number of fused-ring (bicyclic) bond motifs is 5. The summed E-state index contributed by atoms with van der Waals surface area (Å²) in [6.07, 6.45) is 3.04. The number of hydrogen-bond acceptors (Lipinski definition) is 13. The number of rotatable bonds is 12. The Bertz CT molecular complexity index is 1750. The lowest BCUT2D eigenvalue weighted by Gasteiger charge is -2.47. The summed E-state index contributed by atoms with van der Waals surface area (Å²) in [4.78, 5) is 31.3. The normalized spacial score (nSPS) is 42.4. The lowest BCUT2D eigenvalue weighted by molar-refractivity contribution is -0.314. The number of esters is 1. The number of benzene rings is 1. The number of halogens is 2. The van der Waals surface area contributed by atoms with E-state index >= 15 is 4.79 Å². The molecule has 3 unspecified atom stereocenters. The molecule has 1 aromatic carbocycles. The number of likely N-dealkylation sites (N-methyl/N-ethyl adjacent to an activating group) is 1. The molecule has 1 aromatic rings. The minimum absolute atomic E-state index is 0.00490. The topological polar surface area (TPSA) is 143 Å². The van der Waals surface area contributed by atoms with Gasteiger partial charge >= 0.3 is 5.97 Å². The number of aliphatic hydroxyl groups is 1. The maximum Gasteiger partial charge on any atom is 0.306 e. The number of methoxy groups -OCH3 is 3. The van der Waals surface area contributed by atoms with Gasteiger partial charge in [0.2, 0.25) is 0 Å². The van der Waals surface area contributed by atoms with Crippen molar-refractivity contribution in [1.82, 2.24) is 10.2 Å². The van der Waals surface area contributed by atoms with Gasteiger partial charge in [-0.1, -0.05) is 43.1 Å². The zero-order valence-electron chi connectivity index (χ0n) is 38.6. The summed E-state index contributed by atoms with van der Waals surface area (Å²) in [5.74, 6) is -2.19. The molecule has 5 fully saturated rings. The molecule has 7 rings (SSSR count). The van der Waals surface area contributed by atoms with Crippen molar-refractivity contribution in [1.29, 1.82) is 0 Å². The highest BCUT2D eigenvalue weighted by atomic mass is 35.5. The molecule has 13 nitrogen and oxygen atoms in total. The number of carbonyl (C=O) groups excluding carboxylic acids is 2. The van der Waals surface area contributed by atoms with Crippen LogP contribution in [0, 0.1) is 35.5 Å². The molecule has 15 heteroatoms. The lowest BCUT2D eigenvalue weighted by Crippen LogP contribution is -2.59. The average molecular weight is 924 g/mol. The van der Waals surface area contributed by atoms with Crippen LogP contribution in [0.25, 0.3) is 0 Å². The van der Waals surface area contributed by atoms with Crippen molar-refractivity contribution in [3.05, 3.63) is 45.5 Å². The zero-order valence-corrected chi connectivity index (χ0v) is 40.1. The van der Waals surface area contributed by atoms with Crippen LogP contribution >= 0.6 is 23.2 Å². The highest BCUT2D eigenvalue weighted by Crippen LogP contribution is 2.57. The first kappa shape index (κ1) is 49.2. The molecule has 2 N–H and O–H groups in total. The summed E-state index contributed by atoms with van der Waals surface area (Å²) in [7, 11) is 9.03. The molecule has 0 amide bonds. The second-order valence-corrected chi connectivity index (χ2v) is 20.1. The van der Waals surface area contributed by atoms with Crippen molar-refractivity contribution in [2.45, 2.75) is 172 Å². The van der Waals surface area contributed by atoms with E-state index in [1.807, 2.05) is 26.8 Å². The number of Topliss-reactive ketones (excluding diaryl/α,β-unsaturated/α-hetero) is 1. The van der Waals surface area contributed by atoms with E-state index in [9.17, 15) is 9.90 Å². The van der Waals surface area contributed by atoms with Crippen molar-refractivity contribution < 1.29 is 52.6 Å². The molecule has 0 radical (unpaired) electrons. The monoisotopic (exact) mass is 922 g/mol. The number of nitrogens with zero attached hydrogens (tertiary/aromatic N) is 1. The second kappa shape index (κ2) is 21.5. The van der Waals surface area contributed by atoms with Gasteiger partial charge in [0.05, 0.1) is 36.9 Å². The van der Waals surface area contributed by atoms with Crippen LogP contribution in [0.3, 0.4) is 0 Å². The third-order valence-corrected chi connectivity index (χ3v) is 16.0. The van der Waals surface area contributed by atoms with Crippen LogP contribution in [0.4, 0.5) is 0 Å². The number of ether oxygens (including phenoxy) is 8. The number of ketones is 1. The van der Waals surface area contributed by atoms with Crippen LogP contribution in [0.5, 0.6) is 0 Å². The Morgan fingerprint density at radius 1 is 0.889 bits per heavy atom. The van der Waals surface area contributed by atoms with Crippen LogP contribution in [-0.2, 0) is 54.0 Å². The Morgan fingerprint density at radius 2 is 1.62 bits per heavy atom. The smallest absolute Gasteiger partial charge is 0.306 e. The SMILES string of the molecule is CC[C@H]1CCC[C@H](O[C@H]2CC[C@H](N(C)C)C(C)O2)[C@@H](C)C(=O)C2=C[C@H]3[C@@H]4C[C@H](O[C@@H]5OC(C)[C@H](OC)[C@@H](OC)C5OC)C[C@H]4[C@H](NCc4cc(Cl)ccc4Cl)[C@@H](O)[C@H]3[C@@H]2CC(=O)O1. The Labute approximate surface area is 384 Å². The molecule has 354 valence electrons. The van der Waals surface area contributed by atoms with Gasteiger partial charge in [0.25, 0.3) is 0 Å². The summed E-state index contributed by atoms with van der Waals surface area (Å²) in [6.45, 7) is 8.37. The third-order valence-electron chi connectivity index (χ3n) is 15.4. The number of hydrogen-bond donors (Lipinski definition) is 2. The van der Waals surface area contributed by atoms with Crippen LogP contribution in [0.1, 0.15) is 91.0 Å². The van der Waals surface area contributed by atoms with Crippen LogP contribution in [-0.4, -0.2) is 137 Å². The van der Waals surface area contributed by atoms with Gasteiger partial charge in [-0.3, -0.25) is 9.59 Å². The average Bonchev–Trinajstić information content (AvgIpc) is 3.84. The van der Waals surface area contributed by atoms with E-state index in [1.54, 1.807) is 33.5 Å². The van der Waals surface area contributed by atoms with Crippen molar-refractivity contribution in [3.63, 3.8) is 0 Å². The fourth-order valence-corrected chi connectivity index (χ4v) is 12.6. The fraction of sp³-hybridized carbons (Fsp3) is 0.792. The van der Waals surface area contributed by atoms with Crippen LogP contribution < -0.4 is 5.32 Å². The minimum atomic E-state index is -0.927. The molecule has 0 spiro atoms. The van der Waals surface area contributed by atoms with E-state index in [2.05, 4.69) is 37.3 Å². The van der Waals surface area contributed by atoms with E-state index in [-0.39, 0.29) is 72.5 Å². The molecular weight excluding hydrogens is 851 g/mol. The minimum Gasteiger partial charge on any atom is -0.462 e. The van der Waals surface area contributed by atoms with Crippen molar-refractivity contribution in [2.75, 3.05) is 35.4 Å². The largest absolute Gasteiger partial charge is 0.462 e. The molecule has 3 aliphatic carbocycles. The van der Waals surface area contributed by atoms with Gasteiger partial charge in [0, 0.05) is 67.8 Å². The van der Waals surface area contributed by atoms with Crippen molar-refractivity contribution >= 4 is 35.0 Å². The molecule has 19 atom stereocenters. The maximum absolute atomic E-state index is 15.1. The second-order valence-electron chi connectivity index (χ2n) is 19.2. The summed E-state index contributed by atoms with van der Waals surface area (Å²) < 4.78 is 50.2. The summed E-state index contributed by atoms with van der Waals surface area (Å²) >= 11 is 13.1. The lowest BCUT2D eigenvalue weighted by atomic mass is 9.62. The zero-order chi connectivity index (χ0) is 45.3. The molecular formula is C48H72Cl2N2O11. The quantitative estimate of drug-likeness (QED) is 0.214. The molecule has 0 aromatic heterocycles. The number of cyclic esters (lactones) is 1. The van der Waals surface area contributed by atoms with Crippen LogP contribution in [0.2, 0.25) is 10.0 Å². The molecule has 3 saturated heterocycles. The van der Waals surface area contributed by atoms with Gasteiger partial charge in [-0.05, 0) is 126 Å². The standard InChI is InChI=1S/C48H72Cl2N2O11/c1-10-29-12-11-13-38(63-40-17-16-37(52(5)6)25(3)59-40)24(2)43(54)35-21-32-31-19-30(62-48-47(58-9)46(57-8)45(56-7)26(4)60-48)20-34(31)42(44(55)41(32)33(35)22-39(53)61-29)51-23-27-18-28(49)14-15-36(27)50/h14-15,18,21,24-26,29-34,37-38,40-42,44-48,51,55H,10-13,16-17,19-20,22-23H2,1-9H3/t24-,25?,26?,29+,30+,31+,32+,33-,34-,37+,38+,40+,41-,42+,44+,45+,46-,47?,48+/m1/s1. The summed E-state index contributed by atoms with van der Waals surface area (Å²) in [5, 5.41) is 17.6. The van der Waals surface area contributed by atoms with Gasteiger partial charge in [-0.15, -0.1) is 0 Å². The van der Waals surface area contributed by atoms with E-state index in [0.29, 0.717) is 54.3 Å². The maximum atomic E-state index is 15.1. The number of carbonyl (C=O) groups is 2. The molecule has 6 aliphatic rings. The summed E-state index contributed by atoms with van der Waals surface area (Å²) in [5.41, 5.74) is 1.39. The highest BCUT2D eigenvalue weighted by molar-refractivity contribution is 6.33. The predicted octanol–water partition coefficient (Wildman–Crippen LogP) is 6.76. The summed E-state index contributed by atoms with van der Waals surface area (Å²) in [6, 6.07) is 5.21. The number of aliphatic hydroxyl groups excluding tert-OH is 1. The van der Waals surface area contributed by atoms with E-state index in [0.717, 1.165) is 24.8 Å². The van der Waals surface area contributed by atoms with Gasteiger partial charge in [0.1, 0.15) is 24.4 Å². The van der Waals surface area contributed by atoms with Crippen molar-refractivity contribution in [2.24, 2.45) is 35.5 Å². The molecule has 3 aliphatic heterocycles. The number of nitrogens with one attached hydrogen (secondary N) is 1. The first-order valence-corrected chi connectivity index (χ1v) is 24.1. The van der Waals surface area contributed by atoms with Gasteiger partial charge in [-0.2, -0.15) is 0 Å². The van der Waals surface area contributed by atoms with E-state index < -0.39 is 60.8 Å². The van der Waals surface area contributed by atoms with Crippen molar-refractivity contribution in [3.8, 4) is 0 Å². The Hall–Kier alpha value is -1.72. The highest BCUT2D eigenvalue weighted by Gasteiger charge is 2.60. The van der Waals surface area contributed by atoms with Gasteiger partial charge < -0.3 is 53.2 Å². The first-order valence-electron chi connectivity index (χ1n) is 23.3. The van der Waals surface area contributed by atoms with E-state index in [4.69, 9.17) is 61.1 Å². The Kier molecular flexibility index (Phi) is 16.8. The third kappa shape index (κ3) is 10.6. The Morgan fingerprint density at radius 3 is 2.30 bits per heavy atom. The van der Waals surface area contributed by atoms with Gasteiger partial charge in [0.15, 0.2) is 18.4 Å². The van der Waals surface area contributed by atoms with Crippen LogP contribution in [0.15, 0.2) is 29.8 Å². The van der Waals surface area contributed by atoms with Gasteiger partial charge in [-0.25, -0.2) is 0 Å². The molecule has 2 saturated carbocycles. The fourth-order valence-electron chi connectivity index (χ4n) is 12.2. The molecule has 63 heavy (non-hydrogen) atoms. The molecule has 3 heterocycles. The number of allylic oxidation sites excluding steroid dienone is 2. The molecule has 0 bridgehead atoms. The van der Waals surface area contributed by atoms with E-state index in [1.165, 1.54) is 0 Å². The first-order chi connectivity index (χ1) is 30.2. The predicted molar refractivity (Wildman–Crippen MR) is 238 cm³/mol.